The molecule has 1 aromatic heterocycles. The summed E-state index contributed by atoms with van der Waals surface area (Å²) in [7, 11) is -1.95. The lowest BCUT2D eigenvalue weighted by Crippen LogP contribution is -2.35. The Morgan fingerprint density at radius 3 is 2.25 bits per heavy atom. The Morgan fingerprint density at radius 2 is 1.56 bits per heavy atom. The Hall–Kier alpha value is -2.23. The van der Waals surface area contributed by atoms with Gasteiger partial charge in [-0.05, 0) is 68.4 Å². The highest BCUT2D eigenvalue weighted by Crippen LogP contribution is 2.37. The van der Waals surface area contributed by atoms with Gasteiger partial charge in [0.25, 0.3) is 11.8 Å². The fraction of sp³-hybridized carbons (Fsp3) is 0.478. The number of sulfonamides is 1. The maximum absolute atomic E-state index is 12.9. The number of piperidine rings is 1. The second-order valence-electron chi connectivity index (χ2n) is 8.29. The summed E-state index contributed by atoms with van der Waals surface area (Å²) in [4.78, 5) is 26.9. The monoisotopic (exact) mass is 475 g/mol. The zero-order valence-electron chi connectivity index (χ0n) is 18.3. The van der Waals surface area contributed by atoms with Crippen molar-refractivity contribution in [3.8, 4) is 0 Å². The Morgan fingerprint density at radius 1 is 0.906 bits per heavy atom. The molecule has 4 rings (SSSR count). The number of benzene rings is 1. The first-order valence-corrected chi connectivity index (χ1v) is 13.5. The van der Waals surface area contributed by atoms with E-state index in [0.717, 1.165) is 56.9 Å². The van der Waals surface area contributed by atoms with Crippen LogP contribution < -0.4 is 10.6 Å². The molecule has 1 fully saturated rings. The van der Waals surface area contributed by atoms with Gasteiger partial charge in [0.2, 0.25) is 10.0 Å². The number of rotatable bonds is 5. The molecule has 0 saturated carbocycles. The van der Waals surface area contributed by atoms with Crippen LogP contribution in [0.5, 0.6) is 0 Å². The van der Waals surface area contributed by atoms with Gasteiger partial charge in [0.05, 0.1) is 10.5 Å². The van der Waals surface area contributed by atoms with E-state index in [2.05, 4.69) is 10.6 Å². The smallest absolute Gasteiger partial charge is 0.256 e. The van der Waals surface area contributed by atoms with E-state index in [1.807, 2.05) is 0 Å². The first kappa shape index (κ1) is 22.9. The van der Waals surface area contributed by atoms with Gasteiger partial charge in [0, 0.05) is 30.6 Å². The number of carbonyl (C=O) groups is 2. The van der Waals surface area contributed by atoms with Crippen LogP contribution in [-0.4, -0.2) is 44.7 Å². The summed E-state index contributed by atoms with van der Waals surface area (Å²) in [6, 6.07) is 6.04. The van der Waals surface area contributed by atoms with E-state index < -0.39 is 10.0 Å². The minimum Gasteiger partial charge on any atom is -0.355 e. The summed E-state index contributed by atoms with van der Waals surface area (Å²) in [5.41, 5.74) is 1.96. The zero-order chi connectivity index (χ0) is 22.7. The predicted octanol–water partition coefficient (Wildman–Crippen LogP) is 3.80. The molecule has 0 atom stereocenters. The van der Waals surface area contributed by atoms with Gasteiger partial charge in [0.1, 0.15) is 5.00 Å². The molecule has 2 aromatic rings. The molecule has 2 aliphatic rings. The molecule has 2 heterocycles. The highest BCUT2D eigenvalue weighted by atomic mass is 32.2. The van der Waals surface area contributed by atoms with E-state index >= 15 is 0 Å². The van der Waals surface area contributed by atoms with Crippen molar-refractivity contribution in [2.24, 2.45) is 0 Å². The zero-order valence-corrected chi connectivity index (χ0v) is 19.9. The van der Waals surface area contributed by atoms with Crippen LogP contribution in [0.3, 0.4) is 0 Å². The van der Waals surface area contributed by atoms with Gasteiger partial charge in [-0.25, -0.2) is 8.42 Å². The maximum atomic E-state index is 12.9. The summed E-state index contributed by atoms with van der Waals surface area (Å²) in [5.74, 6) is -0.545. The van der Waals surface area contributed by atoms with Gasteiger partial charge >= 0.3 is 0 Å². The van der Waals surface area contributed by atoms with E-state index in [1.165, 1.54) is 44.8 Å². The van der Waals surface area contributed by atoms with Gasteiger partial charge in [-0.2, -0.15) is 4.31 Å². The van der Waals surface area contributed by atoms with E-state index in [1.54, 1.807) is 7.05 Å². The third kappa shape index (κ3) is 4.60. The van der Waals surface area contributed by atoms with Crippen LogP contribution in [-0.2, 0) is 22.9 Å². The first-order valence-electron chi connectivity index (χ1n) is 11.2. The number of nitrogens with zero attached hydrogens (tertiary/aromatic N) is 1. The molecule has 0 radical (unpaired) electrons. The number of aryl methyl sites for hydroxylation is 1. The number of anilines is 1. The molecule has 7 nitrogen and oxygen atoms in total. The molecule has 0 spiro atoms. The van der Waals surface area contributed by atoms with Crippen molar-refractivity contribution < 1.29 is 18.0 Å². The number of amides is 2. The highest BCUT2D eigenvalue weighted by Gasteiger charge is 2.27. The molecule has 0 unspecified atom stereocenters. The Kier molecular flexibility index (Phi) is 6.97. The van der Waals surface area contributed by atoms with Crippen LogP contribution in [0, 0.1) is 0 Å². The molecular formula is C23H29N3O4S2. The van der Waals surface area contributed by atoms with Crippen LogP contribution in [0.1, 0.15) is 69.7 Å². The normalized spacial score (nSPS) is 17.3. The summed E-state index contributed by atoms with van der Waals surface area (Å²) in [6.45, 7) is 1.08. The summed E-state index contributed by atoms with van der Waals surface area (Å²) >= 11 is 1.47. The lowest BCUT2D eigenvalue weighted by atomic mass is 10.0. The van der Waals surface area contributed by atoms with Gasteiger partial charge in [0.15, 0.2) is 0 Å². The minimum atomic E-state index is -3.54. The van der Waals surface area contributed by atoms with E-state index in [-0.39, 0.29) is 16.7 Å². The molecule has 32 heavy (non-hydrogen) atoms. The largest absolute Gasteiger partial charge is 0.355 e. The third-order valence-electron chi connectivity index (χ3n) is 6.17. The molecule has 2 N–H and O–H groups in total. The number of carbonyl (C=O) groups excluding carboxylic acids is 2. The maximum Gasteiger partial charge on any atom is 0.256 e. The molecule has 172 valence electrons. The van der Waals surface area contributed by atoms with Gasteiger partial charge in [-0.15, -0.1) is 11.3 Å². The van der Waals surface area contributed by atoms with Gasteiger partial charge in [-0.3, -0.25) is 9.59 Å². The van der Waals surface area contributed by atoms with Crippen molar-refractivity contribution >= 4 is 38.2 Å². The number of hydrogen-bond donors (Lipinski definition) is 2. The van der Waals surface area contributed by atoms with Crippen molar-refractivity contribution in [2.45, 2.75) is 56.3 Å². The quantitative estimate of drug-likeness (QED) is 0.643. The first-order chi connectivity index (χ1) is 15.4. The van der Waals surface area contributed by atoms with E-state index in [0.29, 0.717) is 29.2 Å². The molecule has 2 amide bonds. The Balaban J connectivity index is 1.55. The molecule has 1 aliphatic carbocycles. The molecular weight excluding hydrogens is 446 g/mol. The summed E-state index contributed by atoms with van der Waals surface area (Å²) in [5, 5.41) is 6.15. The van der Waals surface area contributed by atoms with Gasteiger partial charge < -0.3 is 10.6 Å². The van der Waals surface area contributed by atoms with Gasteiger partial charge in [-0.1, -0.05) is 12.8 Å². The van der Waals surface area contributed by atoms with E-state index in [4.69, 9.17) is 0 Å². The van der Waals surface area contributed by atoms with Crippen LogP contribution in [0.15, 0.2) is 29.2 Å². The SMILES string of the molecule is CNC(=O)c1c(NC(=O)c2ccc(S(=O)(=O)N3CCCCC3)cc2)sc2c1CCCCC2. The number of hydrogen-bond acceptors (Lipinski definition) is 5. The fourth-order valence-corrected chi connectivity index (χ4v) is 7.20. The van der Waals surface area contributed by atoms with Crippen molar-refractivity contribution in [1.82, 2.24) is 9.62 Å². The van der Waals surface area contributed by atoms with E-state index in [9.17, 15) is 18.0 Å². The van der Waals surface area contributed by atoms with Crippen molar-refractivity contribution in [1.29, 1.82) is 0 Å². The number of fused-ring (bicyclic) bond motifs is 1. The number of thiophene rings is 1. The second kappa shape index (κ2) is 9.72. The topological polar surface area (TPSA) is 95.6 Å². The lowest BCUT2D eigenvalue weighted by Gasteiger charge is -2.25. The molecule has 1 saturated heterocycles. The average Bonchev–Trinajstić information content (AvgIpc) is 2.99. The van der Waals surface area contributed by atoms with Crippen molar-refractivity contribution in [3.05, 3.63) is 45.8 Å². The highest BCUT2D eigenvalue weighted by molar-refractivity contribution is 7.89. The third-order valence-corrected chi connectivity index (χ3v) is 9.29. The van der Waals surface area contributed by atoms with Crippen LogP contribution in [0.2, 0.25) is 0 Å². The molecule has 1 aliphatic heterocycles. The standard InChI is InChI=1S/C23H29N3O4S2/c1-24-22(28)20-18-8-4-2-5-9-19(18)31-23(20)25-21(27)16-10-12-17(13-11-16)32(29,30)26-14-6-3-7-15-26/h10-13H,2-9,14-15H2,1H3,(H,24,28)(H,25,27). The van der Waals surface area contributed by atoms with Crippen LogP contribution >= 0.6 is 11.3 Å². The summed E-state index contributed by atoms with van der Waals surface area (Å²) < 4.78 is 27.2. The second-order valence-corrected chi connectivity index (χ2v) is 11.3. The fourth-order valence-electron chi connectivity index (χ4n) is 4.40. The lowest BCUT2D eigenvalue weighted by molar-refractivity contribution is 0.0963. The Labute approximate surface area is 193 Å². The predicted molar refractivity (Wildman–Crippen MR) is 126 cm³/mol. The minimum absolute atomic E-state index is 0.192. The van der Waals surface area contributed by atoms with Crippen molar-refractivity contribution in [3.63, 3.8) is 0 Å². The van der Waals surface area contributed by atoms with Crippen LogP contribution in [0.25, 0.3) is 0 Å². The number of nitrogens with one attached hydrogen (secondary N) is 2. The summed E-state index contributed by atoms with van der Waals surface area (Å²) in [6.07, 6.45) is 7.82. The molecule has 0 bridgehead atoms. The molecule has 1 aromatic carbocycles. The molecule has 9 heteroatoms. The average molecular weight is 476 g/mol. The van der Waals surface area contributed by atoms with Crippen molar-refractivity contribution in [2.75, 3.05) is 25.5 Å². The Bertz CT molecular complexity index is 1100. The van der Waals surface area contributed by atoms with Crippen LogP contribution in [0.4, 0.5) is 5.00 Å².